The monoisotopic (exact) mass is 389 g/mol. The summed E-state index contributed by atoms with van der Waals surface area (Å²) in [5.41, 5.74) is 2.27. The highest BCUT2D eigenvalue weighted by atomic mass is 32.1. The fraction of sp³-hybridized carbons (Fsp3) is 0.500. The predicted octanol–water partition coefficient (Wildman–Crippen LogP) is 3.06. The molecular weight excluding hydrogens is 358 g/mol. The summed E-state index contributed by atoms with van der Waals surface area (Å²) in [7, 11) is 1.71. The van der Waals surface area contributed by atoms with Gasteiger partial charge in [-0.15, -0.1) is 11.3 Å². The molecular formula is C20H31N5OS. The molecule has 148 valence electrons. The van der Waals surface area contributed by atoms with Crippen molar-refractivity contribution in [3.05, 3.63) is 45.9 Å². The summed E-state index contributed by atoms with van der Waals surface area (Å²) in [5, 5.41) is 11.2. The molecule has 0 saturated carbocycles. The van der Waals surface area contributed by atoms with Gasteiger partial charge in [0.05, 0.1) is 18.2 Å². The fourth-order valence-corrected chi connectivity index (χ4v) is 3.31. The number of nitrogens with zero attached hydrogens (tertiary/aromatic N) is 2. The number of benzene rings is 1. The standard InChI is InChI=1S/C20H31N5OS/c1-4-18-15-24-19(27-18)10-11-23-20(21-5-2)25-14-16-6-8-17(9-7-16)22-12-13-26-3/h6-9,15,22H,4-5,10-14H2,1-3H3,(H2,21,23,25). The number of hydrogen-bond donors (Lipinski definition) is 3. The highest BCUT2D eigenvalue weighted by molar-refractivity contribution is 7.11. The lowest BCUT2D eigenvalue weighted by Crippen LogP contribution is -2.38. The number of aromatic nitrogens is 1. The molecule has 3 N–H and O–H groups in total. The van der Waals surface area contributed by atoms with Gasteiger partial charge in [-0.05, 0) is 31.0 Å². The number of aliphatic imine (C=N–C) groups is 1. The number of aryl methyl sites for hydroxylation is 1. The van der Waals surface area contributed by atoms with Gasteiger partial charge in [-0.25, -0.2) is 9.98 Å². The van der Waals surface area contributed by atoms with Crippen LogP contribution in [0, 0.1) is 0 Å². The number of methoxy groups -OCH3 is 1. The molecule has 0 radical (unpaired) electrons. The second kappa shape index (κ2) is 12.3. The Hall–Kier alpha value is -2.12. The third kappa shape index (κ3) is 7.97. The second-order valence-corrected chi connectivity index (χ2v) is 7.26. The van der Waals surface area contributed by atoms with E-state index in [2.05, 4.69) is 64.0 Å². The van der Waals surface area contributed by atoms with Gasteiger partial charge in [0.1, 0.15) is 0 Å². The van der Waals surface area contributed by atoms with Gasteiger partial charge in [0.15, 0.2) is 5.96 Å². The first kappa shape index (κ1) is 21.2. The number of anilines is 1. The summed E-state index contributed by atoms with van der Waals surface area (Å²) in [6.45, 7) is 8.05. The van der Waals surface area contributed by atoms with Crippen molar-refractivity contribution < 1.29 is 4.74 Å². The van der Waals surface area contributed by atoms with Crippen LogP contribution in [0.5, 0.6) is 0 Å². The number of hydrogen-bond acceptors (Lipinski definition) is 5. The molecule has 0 aliphatic heterocycles. The molecule has 0 bridgehead atoms. The molecule has 0 saturated heterocycles. The van der Waals surface area contributed by atoms with Crippen LogP contribution in [-0.4, -0.2) is 44.3 Å². The summed E-state index contributed by atoms with van der Waals surface area (Å²) < 4.78 is 5.04. The van der Waals surface area contributed by atoms with E-state index in [1.807, 2.05) is 6.20 Å². The SMILES string of the molecule is CCNC(=NCc1ccc(NCCOC)cc1)NCCc1ncc(CC)s1. The highest BCUT2D eigenvalue weighted by Gasteiger charge is 2.02. The van der Waals surface area contributed by atoms with Crippen LogP contribution in [-0.2, 0) is 24.1 Å². The minimum Gasteiger partial charge on any atom is -0.383 e. The van der Waals surface area contributed by atoms with E-state index in [-0.39, 0.29) is 0 Å². The minimum atomic E-state index is 0.644. The summed E-state index contributed by atoms with van der Waals surface area (Å²) >= 11 is 1.79. The van der Waals surface area contributed by atoms with E-state index >= 15 is 0 Å². The topological polar surface area (TPSA) is 70.6 Å². The van der Waals surface area contributed by atoms with E-state index in [0.29, 0.717) is 13.2 Å². The van der Waals surface area contributed by atoms with Crippen molar-refractivity contribution in [2.24, 2.45) is 4.99 Å². The van der Waals surface area contributed by atoms with Gasteiger partial charge in [0, 0.05) is 49.9 Å². The smallest absolute Gasteiger partial charge is 0.191 e. The van der Waals surface area contributed by atoms with Crippen molar-refractivity contribution in [1.29, 1.82) is 0 Å². The molecule has 0 aliphatic rings. The maximum absolute atomic E-state index is 5.04. The molecule has 7 heteroatoms. The summed E-state index contributed by atoms with van der Waals surface area (Å²) in [4.78, 5) is 10.5. The Labute approximate surface area is 166 Å². The lowest BCUT2D eigenvalue weighted by molar-refractivity contribution is 0.211. The third-order valence-corrected chi connectivity index (χ3v) is 5.14. The van der Waals surface area contributed by atoms with Crippen LogP contribution in [0.4, 0.5) is 5.69 Å². The van der Waals surface area contributed by atoms with E-state index < -0.39 is 0 Å². The molecule has 2 rings (SSSR count). The Morgan fingerprint density at radius 2 is 1.96 bits per heavy atom. The quantitative estimate of drug-likeness (QED) is 0.313. The molecule has 27 heavy (non-hydrogen) atoms. The summed E-state index contributed by atoms with van der Waals surface area (Å²) in [6, 6.07) is 8.36. The first-order valence-electron chi connectivity index (χ1n) is 9.52. The fourth-order valence-electron chi connectivity index (χ4n) is 2.45. The normalized spacial score (nSPS) is 11.4. The number of guanidine groups is 1. The first-order chi connectivity index (χ1) is 13.2. The Morgan fingerprint density at radius 3 is 2.63 bits per heavy atom. The molecule has 1 aromatic carbocycles. The molecule has 0 unspecified atom stereocenters. The van der Waals surface area contributed by atoms with Crippen LogP contribution in [0.25, 0.3) is 0 Å². The van der Waals surface area contributed by atoms with Crippen molar-refractivity contribution in [2.45, 2.75) is 33.2 Å². The molecule has 0 amide bonds. The van der Waals surface area contributed by atoms with Gasteiger partial charge in [-0.3, -0.25) is 0 Å². The van der Waals surface area contributed by atoms with Crippen LogP contribution in [0.15, 0.2) is 35.5 Å². The predicted molar refractivity (Wildman–Crippen MR) is 115 cm³/mol. The zero-order valence-electron chi connectivity index (χ0n) is 16.5. The van der Waals surface area contributed by atoms with Gasteiger partial charge in [0.2, 0.25) is 0 Å². The number of nitrogens with one attached hydrogen (secondary N) is 3. The zero-order valence-corrected chi connectivity index (χ0v) is 17.4. The Bertz CT molecular complexity index is 684. The number of ether oxygens (including phenoxy) is 1. The van der Waals surface area contributed by atoms with Gasteiger partial charge in [-0.1, -0.05) is 19.1 Å². The van der Waals surface area contributed by atoms with Gasteiger partial charge >= 0.3 is 0 Å². The lowest BCUT2D eigenvalue weighted by atomic mass is 10.2. The van der Waals surface area contributed by atoms with Crippen LogP contribution in [0.3, 0.4) is 0 Å². The van der Waals surface area contributed by atoms with Crippen LogP contribution in [0.1, 0.15) is 29.3 Å². The zero-order chi connectivity index (χ0) is 19.3. The van der Waals surface area contributed by atoms with Crippen molar-refractivity contribution in [3.63, 3.8) is 0 Å². The van der Waals surface area contributed by atoms with Crippen LogP contribution >= 0.6 is 11.3 Å². The van der Waals surface area contributed by atoms with Crippen molar-refractivity contribution >= 4 is 23.0 Å². The van der Waals surface area contributed by atoms with Crippen LogP contribution in [0.2, 0.25) is 0 Å². The van der Waals surface area contributed by atoms with E-state index in [1.165, 1.54) is 15.4 Å². The van der Waals surface area contributed by atoms with Gasteiger partial charge in [-0.2, -0.15) is 0 Å². The molecule has 0 spiro atoms. The van der Waals surface area contributed by atoms with E-state index in [1.54, 1.807) is 18.4 Å². The van der Waals surface area contributed by atoms with Crippen molar-refractivity contribution in [3.8, 4) is 0 Å². The first-order valence-corrected chi connectivity index (χ1v) is 10.3. The van der Waals surface area contributed by atoms with E-state index in [9.17, 15) is 0 Å². The van der Waals surface area contributed by atoms with Gasteiger partial charge < -0.3 is 20.7 Å². The Morgan fingerprint density at radius 1 is 1.15 bits per heavy atom. The summed E-state index contributed by atoms with van der Waals surface area (Å²) in [6.07, 6.45) is 3.94. The molecule has 0 aliphatic carbocycles. The molecule has 1 heterocycles. The summed E-state index contributed by atoms with van der Waals surface area (Å²) in [5.74, 6) is 0.840. The molecule has 2 aromatic rings. The van der Waals surface area contributed by atoms with E-state index in [0.717, 1.165) is 44.1 Å². The second-order valence-electron chi connectivity index (χ2n) is 6.06. The van der Waals surface area contributed by atoms with Gasteiger partial charge in [0.25, 0.3) is 0 Å². The molecule has 0 atom stereocenters. The Balaban J connectivity index is 1.81. The highest BCUT2D eigenvalue weighted by Crippen LogP contribution is 2.13. The van der Waals surface area contributed by atoms with Crippen molar-refractivity contribution in [2.75, 3.05) is 38.7 Å². The average Bonchev–Trinajstić information content (AvgIpc) is 3.15. The molecule has 1 aromatic heterocycles. The lowest BCUT2D eigenvalue weighted by Gasteiger charge is -2.11. The maximum atomic E-state index is 5.04. The van der Waals surface area contributed by atoms with Crippen molar-refractivity contribution in [1.82, 2.24) is 15.6 Å². The largest absolute Gasteiger partial charge is 0.383 e. The number of thiazole rings is 1. The minimum absolute atomic E-state index is 0.644. The maximum Gasteiger partial charge on any atom is 0.191 e. The third-order valence-electron chi connectivity index (χ3n) is 3.93. The molecule has 6 nitrogen and oxygen atoms in total. The average molecular weight is 390 g/mol. The number of rotatable bonds is 11. The van der Waals surface area contributed by atoms with Crippen LogP contribution < -0.4 is 16.0 Å². The van der Waals surface area contributed by atoms with E-state index in [4.69, 9.17) is 4.74 Å². The Kier molecular flexibility index (Phi) is 9.65. The molecule has 0 fully saturated rings.